The van der Waals surface area contributed by atoms with Gasteiger partial charge in [0.2, 0.25) is 0 Å². The van der Waals surface area contributed by atoms with E-state index in [1.807, 2.05) is 24.8 Å². The van der Waals surface area contributed by atoms with E-state index in [4.69, 9.17) is 0 Å². The average Bonchev–Trinajstić information content (AvgIpc) is 1.72. The van der Waals surface area contributed by atoms with Gasteiger partial charge >= 0.3 is 0 Å². The highest BCUT2D eigenvalue weighted by molar-refractivity contribution is 4.95. The predicted octanol–water partition coefficient (Wildman–Crippen LogP) is 0.122. The first-order valence-electron chi connectivity index (χ1n) is 1.82. The Morgan fingerprint density at radius 3 is 1.17 bits per heavy atom. The molecule has 2 heteroatoms. The minimum atomic E-state index is 1.82. The summed E-state index contributed by atoms with van der Waals surface area (Å²) in [5.74, 6) is 0. The Balaban J connectivity index is 2.40. The molecule has 0 saturated heterocycles. The Kier molecular flexibility index (Phi) is 0.819. The first-order chi connectivity index (χ1) is 3.00. The first kappa shape index (κ1) is 3.28. The molecule has 1 heterocycles. The molecule has 0 atom stereocenters. The summed E-state index contributed by atoms with van der Waals surface area (Å²) in [4.78, 5) is 0. The monoisotopic (exact) mass is 82.1 g/mol. The van der Waals surface area contributed by atoms with Crippen LogP contribution in [-0.2, 0) is 0 Å². The molecular weight excluding hydrogens is 76.1 g/mol. The molecule has 1 aliphatic rings. The normalized spacial score (nSPS) is 16.0. The summed E-state index contributed by atoms with van der Waals surface area (Å²) in [7, 11) is 0. The molecule has 0 unspecified atom stereocenters. The van der Waals surface area contributed by atoms with Gasteiger partial charge in [0.25, 0.3) is 0 Å². The van der Waals surface area contributed by atoms with Crippen LogP contribution in [0.5, 0.6) is 0 Å². The van der Waals surface area contributed by atoms with Gasteiger partial charge in [0, 0.05) is 24.8 Å². The minimum absolute atomic E-state index is 1.82. The van der Waals surface area contributed by atoms with E-state index in [-0.39, 0.29) is 0 Å². The molecule has 1 rings (SSSR count). The maximum absolute atomic E-state index is 2.86. The van der Waals surface area contributed by atoms with Crippen molar-refractivity contribution in [1.29, 1.82) is 0 Å². The molecule has 2 nitrogen and oxygen atoms in total. The Morgan fingerprint density at radius 2 is 1.00 bits per heavy atom. The van der Waals surface area contributed by atoms with Gasteiger partial charge in [-0.25, -0.2) is 0 Å². The molecule has 32 valence electrons. The van der Waals surface area contributed by atoms with E-state index in [0.717, 1.165) is 0 Å². The summed E-state index contributed by atoms with van der Waals surface area (Å²) in [6.07, 6.45) is 7.28. The highest BCUT2D eigenvalue weighted by Crippen LogP contribution is 1.70. The van der Waals surface area contributed by atoms with Gasteiger partial charge in [-0.3, -0.25) is 0 Å². The maximum atomic E-state index is 2.86. The maximum Gasteiger partial charge on any atom is 0.0167 e. The van der Waals surface area contributed by atoms with E-state index in [2.05, 4.69) is 10.6 Å². The van der Waals surface area contributed by atoms with Gasteiger partial charge in [-0.2, -0.15) is 0 Å². The molecule has 1 aliphatic heterocycles. The lowest BCUT2D eigenvalue weighted by atomic mass is 10.7. The van der Waals surface area contributed by atoms with E-state index in [0.29, 0.717) is 0 Å². The Hall–Kier alpha value is -0.920. The summed E-state index contributed by atoms with van der Waals surface area (Å²) >= 11 is 0. The van der Waals surface area contributed by atoms with Crippen LogP contribution < -0.4 is 10.6 Å². The van der Waals surface area contributed by atoms with Gasteiger partial charge in [-0.1, -0.05) is 0 Å². The smallest absolute Gasteiger partial charge is 0.0167 e. The molecule has 6 heavy (non-hydrogen) atoms. The molecule has 0 saturated carbocycles. The Labute approximate surface area is 36.5 Å². The highest BCUT2D eigenvalue weighted by atomic mass is 14.9. The molecule has 0 aliphatic carbocycles. The van der Waals surface area contributed by atoms with E-state index < -0.39 is 0 Å². The molecule has 0 amide bonds. The van der Waals surface area contributed by atoms with Gasteiger partial charge in [-0.15, -0.1) is 0 Å². The van der Waals surface area contributed by atoms with Crippen LogP contribution >= 0.6 is 0 Å². The van der Waals surface area contributed by atoms with Crippen molar-refractivity contribution in [2.45, 2.75) is 0 Å². The summed E-state index contributed by atoms with van der Waals surface area (Å²) in [6.45, 7) is 0. The molecule has 0 fully saturated rings. The molecule has 0 spiro atoms. The highest BCUT2D eigenvalue weighted by Gasteiger charge is 1.70. The number of hydrogen-bond acceptors (Lipinski definition) is 2. The van der Waals surface area contributed by atoms with Gasteiger partial charge in [0.05, 0.1) is 0 Å². The van der Waals surface area contributed by atoms with Crippen molar-refractivity contribution < 1.29 is 0 Å². The lowest BCUT2D eigenvalue weighted by Gasteiger charge is -1.95. The zero-order valence-electron chi connectivity index (χ0n) is 3.31. The predicted molar refractivity (Wildman–Crippen MR) is 24.6 cm³/mol. The van der Waals surface area contributed by atoms with Crippen LogP contribution in [0.4, 0.5) is 0 Å². The van der Waals surface area contributed by atoms with Crippen LogP contribution in [-0.4, -0.2) is 0 Å². The van der Waals surface area contributed by atoms with Crippen LogP contribution in [0.3, 0.4) is 0 Å². The molecular formula is C4H6N2. The fraction of sp³-hybridized carbons (Fsp3) is 0. The van der Waals surface area contributed by atoms with Crippen molar-refractivity contribution in [3.05, 3.63) is 24.8 Å². The van der Waals surface area contributed by atoms with Crippen LogP contribution in [0, 0.1) is 0 Å². The Bertz CT molecular complexity index is 63.5. The van der Waals surface area contributed by atoms with Crippen molar-refractivity contribution in [2.24, 2.45) is 0 Å². The van der Waals surface area contributed by atoms with E-state index in [1.165, 1.54) is 0 Å². The lowest BCUT2D eigenvalue weighted by Crippen LogP contribution is -2.05. The average molecular weight is 82.1 g/mol. The molecule has 0 bridgehead atoms. The summed E-state index contributed by atoms with van der Waals surface area (Å²) in [6, 6.07) is 0. The standard InChI is InChI=1S/C4H6N2/c1-2-6-4-3-5-1/h1-6H. The van der Waals surface area contributed by atoms with Gasteiger partial charge < -0.3 is 10.6 Å². The zero-order valence-corrected chi connectivity index (χ0v) is 3.31. The van der Waals surface area contributed by atoms with Crippen LogP contribution in [0.2, 0.25) is 0 Å². The van der Waals surface area contributed by atoms with Crippen LogP contribution in [0.25, 0.3) is 0 Å². The number of hydrogen-bond donors (Lipinski definition) is 2. The zero-order chi connectivity index (χ0) is 4.24. The van der Waals surface area contributed by atoms with Crippen LogP contribution in [0.15, 0.2) is 24.8 Å². The lowest BCUT2D eigenvalue weighted by molar-refractivity contribution is 1.04. The third kappa shape index (κ3) is 0.516. The van der Waals surface area contributed by atoms with E-state index in [9.17, 15) is 0 Å². The van der Waals surface area contributed by atoms with Crippen molar-refractivity contribution in [2.75, 3.05) is 0 Å². The summed E-state index contributed by atoms with van der Waals surface area (Å²) in [5.41, 5.74) is 0. The largest absolute Gasteiger partial charge is 0.365 e. The van der Waals surface area contributed by atoms with Crippen molar-refractivity contribution >= 4 is 0 Å². The SMILES string of the molecule is C1=CNC=CN1. The topological polar surface area (TPSA) is 24.1 Å². The van der Waals surface area contributed by atoms with Crippen molar-refractivity contribution in [3.63, 3.8) is 0 Å². The van der Waals surface area contributed by atoms with Gasteiger partial charge in [0.15, 0.2) is 0 Å². The summed E-state index contributed by atoms with van der Waals surface area (Å²) < 4.78 is 0. The molecule has 0 radical (unpaired) electrons. The minimum Gasteiger partial charge on any atom is -0.365 e. The quantitative estimate of drug-likeness (QED) is 0.433. The third-order valence-corrected chi connectivity index (χ3v) is 0.552. The van der Waals surface area contributed by atoms with Crippen LogP contribution in [0.1, 0.15) is 0 Å². The number of nitrogens with one attached hydrogen (secondary N) is 2. The fourth-order valence-corrected chi connectivity index (χ4v) is 0.304. The first-order valence-corrected chi connectivity index (χ1v) is 1.82. The second kappa shape index (κ2) is 1.50. The Morgan fingerprint density at radius 1 is 0.667 bits per heavy atom. The van der Waals surface area contributed by atoms with Gasteiger partial charge in [-0.05, 0) is 0 Å². The van der Waals surface area contributed by atoms with E-state index in [1.54, 1.807) is 0 Å². The fourth-order valence-electron chi connectivity index (χ4n) is 0.304. The molecule has 0 aromatic heterocycles. The van der Waals surface area contributed by atoms with Gasteiger partial charge in [0.1, 0.15) is 0 Å². The third-order valence-electron chi connectivity index (χ3n) is 0.552. The second-order valence-corrected chi connectivity index (χ2v) is 1.00. The molecule has 0 aromatic carbocycles. The summed E-state index contributed by atoms with van der Waals surface area (Å²) in [5, 5.41) is 5.72. The van der Waals surface area contributed by atoms with E-state index >= 15 is 0 Å². The molecule has 2 N–H and O–H groups in total. The number of rotatable bonds is 0. The van der Waals surface area contributed by atoms with Crippen molar-refractivity contribution in [3.8, 4) is 0 Å². The van der Waals surface area contributed by atoms with Crippen molar-refractivity contribution in [1.82, 2.24) is 10.6 Å². The second-order valence-electron chi connectivity index (χ2n) is 1.00. The molecule has 0 aromatic rings.